The number of thioether (sulfide) groups is 1. The second kappa shape index (κ2) is 9.19. The molecule has 0 aromatic carbocycles. The molecule has 8 nitrogen and oxygen atoms in total. The van der Waals surface area contributed by atoms with E-state index in [4.69, 9.17) is 16.6 Å². The van der Waals surface area contributed by atoms with Crippen molar-refractivity contribution in [3.05, 3.63) is 78.5 Å². The van der Waals surface area contributed by atoms with Crippen molar-refractivity contribution in [2.45, 2.75) is 13.5 Å². The largest absolute Gasteiger partial charge is 0.494 e. The summed E-state index contributed by atoms with van der Waals surface area (Å²) in [5.74, 6) is -1.32. The van der Waals surface area contributed by atoms with E-state index < -0.39 is 29.7 Å². The lowest BCUT2D eigenvalue weighted by molar-refractivity contribution is -0.121. The molecule has 4 rings (SSSR count). The summed E-state index contributed by atoms with van der Waals surface area (Å²) < 4.78 is 6.33. The molecule has 0 spiro atoms. The average molecular weight is 498 g/mol. The number of hydrogen-bond donors (Lipinski definition) is 1. The van der Waals surface area contributed by atoms with E-state index in [0.717, 1.165) is 26.1 Å². The van der Waals surface area contributed by atoms with Gasteiger partial charge in [0, 0.05) is 4.88 Å². The minimum atomic E-state index is -0.745. The highest BCUT2D eigenvalue weighted by Crippen LogP contribution is 2.34. The lowest BCUT2D eigenvalue weighted by atomic mass is 10.0. The molecule has 0 radical (unpaired) electrons. The van der Waals surface area contributed by atoms with Crippen LogP contribution in [0.3, 0.4) is 0 Å². The van der Waals surface area contributed by atoms with Gasteiger partial charge in [-0.25, -0.2) is 0 Å². The fourth-order valence-corrected chi connectivity index (χ4v) is 5.33. The number of aromatic nitrogens is 1. The Balaban J connectivity index is 1.68. The predicted molar refractivity (Wildman–Crippen MR) is 128 cm³/mol. The normalized spacial score (nSPS) is 14.8. The maximum absolute atomic E-state index is 13.2. The maximum atomic E-state index is 13.2. The summed E-state index contributed by atoms with van der Waals surface area (Å²) in [5, 5.41) is 22.2. The number of rotatable bonds is 6. The van der Waals surface area contributed by atoms with Gasteiger partial charge in [-0.05, 0) is 42.1 Å². The monoisotopic (exact) mass is 497 g/mol. The molecular formula is C22H15N3O5S3. The third-order valence-corrected chi connectivity index (χ3v) is 7.16. The molecule has 1 saturated heterocycles. The van der Waals surface area contributed by atoms with Crippen LogP contribution in [0.15, 0.2) is 50.0 Å². The highest BCUT2D eigenvalue weighted by molar-refractivity contribution is 8.26. The van der Waals surface area contributed by atoms with Crippen molar-refractivity contribution in [1.29, 1.82) is 5.26 Å². The van der Waals surface area contributed by atoms with E-state index in [2.05, 4.69) is 0 Å². The third kappa shape index (κ3) is 4.28. The molecule has 0 saturated carbocycles. The predicted octanol–water partition coefficient (Wildman–Crippen LogP) is 3.52. The van der Waals surface area contributed by atoms with E-state index in [9.17, 15) is 24.8 Å². The van der Waals surface area contributed by atoms with Crippen molar-refractivity contribution in [2.24, 2.45) is 0 Å². The highest BCUT2D eigenvalue weighted by Gasteiger charge is 2.35. The quantitative estimate of drug-likeness (QED) is 0.312. The summed E-state index contributed by atoms with van der Waals surface area (Å²) in [6, 6.07) is 8.73. The van der Waals surface area contributed by atoms with Gasteiger partial charge in [0.1, 0.15) is 21.7 Å². The Bertz CT molecular complexity index is 1400. The van der Waals surface area contributed by atoms with E-state index in [1.807, 2.05) is 17.5 Å². The molecule has 4 heterocycles. The summed E-state index contributed by atoms with van der Waals surface area (Å²) >= 11 is 7.84. The standard InChI is InChI=1S/C22H15N3O5S3/c1-12-15(9-23)19(27)24(10-13-4-2-6-30-13)21(29)18(12)16(26)11-25-20(28)17(33-22(25)31)8-14-5-3-7-32-14/h2-8,29H,10-11H2,1H3/b17-8-. The zero-order valence-corrected chi connectivity index (χ0v) is 19.6. The van der Waals surface area contributed by atoms with E-state index >= 15 is 0 Å². The van der Waals surface area contributed by atoms with Crippen LogP contribution in [0.5, 0.6) is 5.88 Å². The van der Waals surface area contributed by atoms with Crippen molar-refractivity contribution in [3.8, 4) is 11.9 Å². The number of nitrogens with zero attached hydrogens (tertiary/aromatic N) is 3. The second-order valence-electron chi connectivity index (χ2n) is 6.99. The number of carbonyl (C=O) groups excluding carboxylic acids is 2. The molecular weight excluding hydrogens is 482 g/mol. The Morgan fingerprint density at radius 3 is 2.76 bits per heavy atom. The zero-order valence-electron chi connectivity index (χ0n) is 17.1. The van der Waals surface area contributed by atoms with Crippen LogP contribution >= 0.6 is 35.3 Å². The summed E-state index contributed by atoms with van der Waals surface area (Å²) in [5.41, 5.74) is -1.19. The van der Waals surface area contributed by atoms with Crippen LogP contribution in [0.2, 0.25) is 0 Å². The molecule has 1 amide bonds. The fourth-order valence-electron chi connectivity index (χ4n) is 3.35. The van der Waals surface area contributed by atoms with Crippen LogP contribution < -0.4 is 5.56 Å². The van der Waals surface area contributed by atoms with Crippen LogP contribution in [0.25, 0.3) is 6.08 Å². The van der Waals surface area contributed by atoms with E-state index in [-0.39, 0.29) is 27.6 Å². The number of amides is 1. The second-order valence-corrected chi connectivity index (χ2v) is 9.64. The molecule has 1 aliphatic rings. The van der Waals surface area contributed by atoms with Crippen LogP contribution in [-0.4, -0.2) is 37.1 Å². The zero-order chi connectivity index (χ0) is 23.7. The van der Waals surface area contributed by atoms with Gasteiger partial charge in [-0.1, -0.05) is 30.0 Å². The number of thiocarbonyl (C=S) groups is 1. The van der Waals surface area contributed by atoms with Gasteiger partial charge >= 0.3 is 0 Å². The molecule has 0 atom stereocenters. The molecule has 0 bridgehead atoms. The number of ketones is 1. The summed E-state index contributed by atoms with van der Waals surface area (Å²) in [6.07, 6.45) is 3.11. The Labute approximate surface area is 201 Å². The number of Topliss-reactive ketones (excluding diaryl/α,β-unsaturated/α-hetero) is 1. The fraction of sp³-hybridized carbons (Fsp3) is 0.136. The van der Waals surface area contributed by atoms with Crippen molar-refractivity contribution in [3.63, 3.8) is 0 Å². The van der Waals surface area contributed by atoms with Crippen LogP contribution in [0, 0.1) is 18.3 Å². The molecule has 3 aromatic rings. The van der Waals surface area contributed by atoms with E-state index in [1.54, 1.807) is 24.3 Å². The van der Waals surface area contributed by atoms with Crippen LogP contribution in [-0.2, 0) is 11.3 Å². The molecule has 33 heavy (non-hydrogen) atoms. The smallest absolute Gasteiger partial charge is 0.271 e. The number of thiophene rings is 1. The Hall–Kier alpha value is -3.46. The minimum absolute atomic E-state index is 0.0419. The van der Waals surface area contributed by atoms with Crippen LogP contribution in [0.4, 0.5) is 0 Å². The van der Waals surface area contributed by atoms with Gasteiger partial charge in [-0.2, -0.15) is 5.26 Å². The van der Waals surface area contributed by atoms with Crippen LogP contribution in [0.1, 0.15) is 32.1 Å². The van der Waals surface area contributed by atoms with Crippen molar-refractivity contribution < 1.29 is 19.1 Å². The Morgan fingerprint density at radius 1 is 1.33 bits per heavy atom. The number of carbonyl (C=O) groups is 2. The summed E-state index contributed by atoms with van der Waals surface area (Å²) in [7, 11) is 0. The summed E-state index contributed by atoms with van der Waals surface area (Å²) in [4.78, 5) is 41.2. The topological polar surface area (TPSA) is 117 Å². The van der Waals surface area contributed by atoms with Gasteiger partial charge < -0.3 is 9.52 Å². The molecule has 1 N–H and O–H groups in total. The van der Waals surface area contributed by atoms with Gasteiger partial charge in [-0.15, -0.1) is 11.3 Å². The number of nitriles is 1. The molecule has 1 aliphatic heterocycles. The SMILES string of the molecule is Cc1c(C(=O)CN2C(=O)/C(=C/c3cccs3)SC2=S)c(O)n(Cc2ccco2)c(=O)c1C#N. The Kier molecular flexibility index (Phi) is 6.33. The lowest BCUT2D eigenvalue weighted by Gasteiger charge is -2.18. The van der Waals surface area contributed by atoms with E-state index in [0.29, 0.717) is 10.7 Å². The third-order valence-electron chi connectivity index (χ3n) is 4.96. The number of hydrogen-bond acceptors (Lipinski definition) is 9. The van der Waals surface area contributed by atoms with Gasteiger partial charge in [0.05, 0.1) is 29.8 Å². The number of pyridine rings is 1. The molecule has 0 aliphatic carbocycles. The maximum Gasteiger partial charge on any atom is 0.271 e. The molecule has 3 aromatic heterocycles. The van der Waals surface area contributed by atoms with Gasteiger partial charge in [-0.3, -0.25) is 23.9 Å². The Morgan fingerprint density at radius 2 is 2.12 bits per heavy atom. The molecule has 166 valence electrons. The number of furan rings is 1. The van der Waals surface area contributed by atoms with Gasteiger partial charge in [0.2, 0.25) is 5.88 Å². The summed E-state index contributed by atoms with van der Waals surface area (Å²) in [6.45, 7) is 0.799. The molecule has 0 unspecified atom stereocenters. The molecule has 1 fully saturated rings. The van der Waals surface area contributed by atoms with Crippen molar-refractivity contribution in [1.82, 2.24) is 9.47 Å². The van der Waals surface area contributed by atoms with Crippen molar-refractivity contribution >= 4 is 57.4 Å². The van der Waals surface area contributed by atoms with Gasteiger partial charge in [0.15, 0.2) is 5.78 Å². The first-order valence-electron chi connectivity index (χ1n) is 9.52. The number of aromatic hydroxyl groups is 1. The molecule has 11 heteroatoms. The van der Waals surface area contributed by atoms with Crippen molar-refractivity contribution in [2.75, 3.05) is 6.54 Å². The van der Waals surface area contributed by atoms with E-state index in [1.165, 1.54) is 24.5 Å². The minimum Gasteiger partial charge on any atom is -0.494 e. The lowest BCUT2D eigenvalue weighted by Crippen LogP contribution is -2.35. The average Bonchev–Trinajstić information content (AvgIpc) is 3.52. The first kappa shape index (κ1) is 22.7. The first-order valence-corrected chi connectivity index (χ1v) is 11.6. The highest BCUT2D eigenvalue weighted by atomic mass is 32.2. The van der Waals surface area contributed by atoms with Gasteiger partial charge in [0.25, 0.3) is 11.5 Å². The first-order chi connectivity index (χ1) is 15.8.